The molecule has 0 aromatic heterocycles. The summed E-state index contributed by atoms with van der Waals surface area (Å²) in [5.41, 5.74) is 2.38. The van der Waals surface area contributed by atoms with Crippen molar-refractivity contribution in [2.75, 3.05) is 6.61 Å². The Morgan fingerprint density at radius 2 is 1.56 bits per heavy atom. The van der Waals surface area contributed by atoms with Crippen LogP contribution in [0.4, 0.5) is 0 Å². The molecule has 182 valence electrons. The summed E-state index contributed by atoms with van der Waals surface area (Å²) in [6, 6.07) is 0. The molecular formula is C30H50O2. The van der Waals surface area contributed by atoms with Gasteiger partial charge < -0.3 is 10.2 Å². The van der Waals surface area contributed by atoms with Crippen LogP contribution in [-0.4, -0.2) is 22.9 Å². The predicted octanol–water partition coefficient (Wildman–Crippen LogP) is 7.00. The SMILES string of the molecule is C=C(C)[C@@H]1CC[C@]2(C)CC[C@]3(CO)[C@@H](CC[C@@H]4[C@@]5(C)CC[C@@H](O)C(C)(C)[C@@H]5CC[C@]43C)[C@@H]12. The molecule has 0 aromatic carbocycles. The van der Waals surface area contributed by atoms with Gasteiger partial charge in [-0.05, 0) is 122 Å². The summed E-state index contributed by atoms with van der Waals surface area (Å²) in [5, 5.41) is 22.2. The van der Waals surface area contributed by atoms with Crippen LogP contribution in [0.1, 0.15) is 106 Å². The van der Waals surface area contributed by atoms with Crippen molar-refractivity contribution in [2.45, 2.75) is 112 Å². The van der Waals surface area contributed by atoms with Crippen molar-refractivity contribution in [1.29, 1.82) is 0 Å². The van der Waals surface area contributed by atoms with E-state index in [0.717, 1.165) is 12.8 Å². The monoisotopic (exact) mass is 442 g/mol. The average Bonchev–Trinajstić information content (AvgIpc) is 3.08. The Hall–Kier alpha value is -0.340. The largest absolute Gasteiger partial charge is 0.396 e. The fourth-order valence-corrected chi connectivity index (χ4v) is 11.6. The van der Waals surface area contributed by atoms with Crippen LogP contribution in [0.15, 0.2) is 12.2 Å². The summed E-state index contributed by atoms with van der Waals surface area (Å²) >= 11 is 0. The molecule has 2 nitrogen and oxygen atoms in total. The van der Waals surface area contributed by atoms with E-state index in [2.05, 4.69) is 48.1 Å². The van der Waals surface area contributed by atoms with Crippen LogP contribution < -0.4 is 0 Å². The Labute approximate surface area is 197 Å². The molecule has 5 aliphatic rings. The molecule has 0 amide bonds. The summed E-state index contributed by atoms with van der Waals surface area (Å²) in [6.07, 6.45) is 12.1. The molecule has 5 saturated carbocycles. The van der Waals surface area contributed by atoms with Crippen LogP contribution in [0, 0.1) is 56.7 Å². The first-order valence-electron chi connectivity index (χ1n) is 13.8. The summed E-state index contributed by atoms with van der Waals surface area (Å²) in [7, 11) is 0. The van der Waals surface area contributed by atoms with Crippen LogP contribution in [0.3, 0.4) is 0 Å². The van der Waals surface area contributed by atoms with Crippen LogP contribution in [0.25, 0.3) is 0 Å². The summed E-state index contributed by atoms with van der Waals surface area (Å²) in [5.74, 6) is 3.24. The van der Waals surface area contributed by atoms with Crippen LogP contribution >= 0.6 is 0 Å². The zero-order chi connectivity index (χ0) is 23.3. The molecule has 0 aromatic rings. The molecule has 0 unspecified atom stereocenters. The first kappa shape index (κ1) is 23.4. The van der Waals surface area contributed by atoms with Gasteiger partial charge in [0.05, 0.1) is 6.10 Å². The van der Waals surface area contributed by atoms with Crippen molar-refractivity contribution in [3.63, 3.8) is 0 Å². The van der Waals surface area contributed by atoms with Gasteiger partial charge in [-0.25, -0.2) is 0 Å². The lowest BCUT2D eigenvalue weighted by Gasteiger charge is -2.73. The second kappa shape index (κ2) is 7.09. The topological polar surface area (TPSA) is 40.5 Å². The number of allylic oxidation sites excluding steroid dienone is 1. The Morgan fingerprint density at radius 3 is 2.22 bits per heavy atom. The van der Waals surface area contributed by atoms with Gasteiger partial charge in [0.1, 0.15) is 0 Å². The molecule has 0 aliphatic heterocycles. The van der Waals surface area contributed by atoms with Crippen LogP contribution in [0.2, 0.25) is 0 Å². The number of hydrogen-bond acceptors (Lipinski definition) is 2. The van der Waals surface area contributed by atoms with E-state index in [9.17, 15) is 10.2 Å². The highest BCUT2D eigenvalue weighted by Gasteiger charge is 2.71. The van der Waals surface area contributed by atoms with Crippen molar-refractivity contribution in [3.05, 3.63) is 12.2 Å². The van der Waals surface area contributed by atoms with Crippen molar-refractivity contribution in [1.82, 2.24) is 0 Å². The number of hydrogen-bond donors (Lipinski definition) is 2. The zero-order valence-corrected chi connectivity index (χ0v) is 21.8. The second-order valence-corrected chi connectivity index (χ2v) is 14.6. The highest BCUT2D eigenvalue weighted by Crippen LogP contribution is 2.77. The maximum absolute atomic E-state index is 11.3. The molecule has 10 atom stereocenters. The molecule has 0 bridgehead atoms. The van der Waals surface area contributed by atoms with Crippen molar-refractivity contribution in [3.8, 4) is 0 Å². The van der Waals surface area contributed by atoms with Gasteiger partial charge in [-0.15, -0.1) is 0 Å². The maximum Gasteiger partial charge on any atom is 0.0594 e. The minimum atomic E-state index is -0.168. The maximum atomic E-state index is 11.3. The molecule has 0 spiro atoms. The smallest absolute Gasteiger partial charge is 0.0594 e. The van der Waals surface area contributed by atoms with Gasteiger partial charge in [0.2, 0.25) is 0 Å². The molecular weight excluding hydrogens is 392 g/mol. The van der Waals surface area contributed by atoms with Crippen molar-refractivity contribution in [2.24, 2.45) is 56.7 Å². The summed E-state index contributed by atoms with van der Waals surface area (Å²) in [4.78, 5) is 0. The number of aliphatic hydroxyl groups is 2. The van der Waals surface area contributed by atoms with Gasteiger partial charge in [-0.2, -0.15) is 0 Å². The lowest BCUT2D eigenvalue weighted by molar-refractivity contribution is -0.260. The fraction of sp³-hybridized carbons (Fsp3) is 0.933. The van der Waals surface area contributed by atoms with Gasteiger partial charge in [0, 0.05) is 12.0 Å². The minimum absolute atomic E-state index is 0.000800. The van der Waals surface area contributed by atoms with Gasteiger partial charge in [0.25, 0.3) is 0 Å². The van der Waals surface area contributed by atoms with E-state index in [1.807, 2.05) is 0 Å². The number of rotatable bonds is 2. The van der Waals surface area contributed by atoms with Crippen molar-refractivity contribution < 1.29 is 10.2 Å². The molecule has 0 radical (unpaired) electrons. The fourth-order valence-electron chi connectivity index (χ4n) is 11.6. The number of aliphatic hydroxyl groups excluding tert-OH is 2. The Morgan fingerprint density at radius 1 is 0.844 bits per heavy atom. The third-order valence-corrected chi connectivity index (χ3v) is 13.4. The van der Waals surface area contributed by atoms with Gasteiger partial charge in [-0.3, -0.25) is 0 Å². The van der Waals surface area contributed by atoms with Gasteiger partial charge >= 0.3 is 0 Å². The molecule has 5 rings (SSSR count). The third kappa shape index (κ3) is 2.66. The number of fused-ring (bicyclic) bond motifs is 7. The quantitative estimate of drug-likeness (QED) is 0.452. The Kier molecular flexibility index (Phi) is 5.19. The van der Waals surface area contributed by atoms with E-state index in [0.29, 0.717) is 41.6 Å². The lowest BCUT2D eigenvalue weighted by atomic mass is 9.32. The Balaban J connectivity index is 1.57. The summed E-state index contributed by atoms with van der Waals surface area (Å²) < 4.78 is 0. The highest BCUT2D eigenvalue weighted by atomic mass is 16.3. The van der Waals surface area contributed by atoms with Gasteiger partial charge in [-0.1, -0.05) is 46.8 Å². The van der Waals surface area contributed by atoms with Crippen LogP contribution in [0.5, 0.6) is 0 Å². The third-order valence-electron chi connectivity index (χ3n) is 13.4. The van der Waals surface area contributed by atoms with E-state index in [1.54, 1.807) is 0 Å². The Bertz CT molecular complexity index is 786. The molecule has 5 aliphatic carbocycles. The van der Waals surface area contributed by atoms with E-state index in [4.69, 9.17) is 0 Å². The molecule has 5 fully saturated rings. The predicted molar refractivity (Wildman–Crippen MR) is 132 cm³/mol. The minimum Gasteiger partial charge on any atom is -0.396 e. The molecule has 2 heteroatoms. The molecule has 32 heavy (non-hydrogen) atoms. The average molecular weight is 443 g/mol. The lowest BCUT2D eigenvalue weighted by Crippen LogP contribution is -2.68. The normalized spacial score (nSPS) is 56.5. The zero-order valence-electron chi connectivity index (χ0n) is 21.8. The van der Waals surface area contributed by atoms with E-state index >= 15 is 0 Å². The van der Waals surface area contributed by atoms with Crippen LogP contribution in [-0.2, 0) is 0 Å². The first-order valence-corrected chi connectivity index (χ1v) is 13.8. The first-order chi connectivity index (χ1) is 14.9. The second-order valence-electron chi connectivity index (χ2n) is 14.6. The molecule has 2 N–H and O–H groups in total. The van der Waals surface area contributed by atoms with E-state index < -0.39 is 0 Å². The van der Waals surface area contributed by atoms with Gasteiger partial charge in [0.15, 0.2) is 0 Å². The molecule has 0 saturated heterocycles. The molecule has 0 heterocycles. The summed E-state index contributed by atoms with van der Waals surface area (Å²) in [6.45, 7) is 19.5. The van der Waals surface area contributed by atoms with E-state index in [1.165, 1.54) is 56.9 Å². The highest BCUT2D eigenvalue weighted by molar-refractivity contribution is 5.21. The standard InChI is InChI=1S/C30H50O2/c1-19(2)20-10-13-27(5)16-17-30(18-31)21(25(20)27)8-9-23-28(6)14-12-24(32)26(3,4)22(28)11-15-29(23,30)7/h20-25,31-32H,1,8-18H2,2-7H3/t20-,21-,22-,23+,24+,25+,27+,28-,29+,30-/m0/s1. The van der Waals surface area contributed by atoms with Crippen molar-refractivity contribution >= 4 is 0 Å². The van der Waals surface area contributed by atoms with E-state index in [-0.39, 0.29) is 27.8 Å².